The van der Waals surface area contributed by atoms with Crippen LogP contribution in [0.1, 0.15) is 25.3 Å². The van der Waals surface area contributed by atoms with Gasteiger partial charge in [-0.3, -0.25) is 9.79 Å². The number of anilines is 1. The standard InChI is InChI=1S/C17H19FN4O/c1-5-12(15-16(19-4)21-9-20-15)17(23)22-11-6-7-14(18)13(8-11)10(2)3/h5-10H,1H2,2-4H3,(H,22,23)(H,19,20,21)/b15-12-. The summed E-state index contributed by atoms with van der Waals surface area (Å²) < 4.78 is 13.7. The minimum absolute atomic E-state index is 0.0211. The first kappa shape index (κ1) is 16.6. The summed E-state index contributed by atoms with van der Waals surface area (Å²) in [5.74, 6) is -0.202. The third-order valence-corrected chi connectivity index (χ3v) is 3.43. The van der Waals surface area contributed by atoms with E-state index in [4.69, 9.17) is 0 Å². The van der Waals surface area contributed by atoms with Gasteiger partial charge in [-0.25, -0.2) is 9.38 Å². The van der Waals surface area contributed by atoms with Gasteiger partial charge in [-0.1, -0.05) is 26.5 Å². The van der Waals surface area contributed by atoms with Crippen molar-refractivity contribution in [2.45, 2.75) is 19.8 Å². The normalized spacial score (nSPS) is 17.3. The van der Waals surface area contributed by atoms with E-state index < -0.39 is 0 Å². The van der Waals surface area contributed by atoms with Crippen LogP contribution in [0.3, 0.4) is 0 Å². The smallest absolute Gasteiger partial charge is 0.257 e. The second-order valence-electron chi connectivity index (χ2n) is 5.29. The van der Waals surface area contributed by atoms with Gasteiger partial charge in [-0.15, -0.1) is 0 Å². The predicted molar refractivity (Wildman–Crippen MR) is 91.3 cm³/mol. The number of nitrogens with one attached hydrogen (secondary N) is 2. The maximum atomic E-state index is 13.7. The minimum Gasteiger partial charge on any atom is -0.343 e. The molecule has 2 rings (SSSR count). The van der Waals surface area contributed by atoms with E-state index in [1.165, 1.54) is 24.5 Å². The van der Waals surface area contributed by atoms with E-state index in [1.807, 2.05) is 13.8 Å². The fourth-order valence-corrected chi connectivity index (χ4v) is 2.23. The lowest BCUT2D eigenvalue weighted by Gasteiger charge is -2.12. The second kappa shape index (κ2) is 7.00. The molecule has 0 atom stereocenters. The van der Waals surface area contributed by atoms with Gasteiger partial charge < -0.3 is 10.6 Å². The van der Waals surface area contributed by atoms with Crippen LogP contribution in [0, 0.1) is 5.82 Å². The molecule has 0 spiro atoms. The SMILES string of the molecule is C=C/C(C(=O)Nc1ccc(F)c(C(C)C)c1)=C1/NC=NC1=NC. The molecule has 0 bridgehead atoms. The molecule has 1 aliphatic rings. The van der Waals surface area contributed by atoms with Gasteiger partial charge in [-0.2, -0.15) is 0 Å². The van der Waals surface area contributed by atoms with Gasteiger partial charge in [0.2, 0.25) is 0 Å². The largest absolute Gasteiger partial charge is 0.343 e. The number of nitrogens with zero attached hydrogens (tertiary/aromatic N) is 2. The molecule has 5 nitrogen and oxygen atoms in total. The molecule has 0 aromatic heterocycles. The van der Waals surface area contributed by atoms with Crippen LogP contribution >= 0.6 is 0 Å². The Labute approximate surface area is 134 Å². The average molecular weight is 314 g/mol. The van der Waals surface area contributed by atoms with Crippen molar-refractivity contribution in [1.82, 2.24) is 5.32 Å². The molecule has 0 saturated heterocycles. The zero-order valence-electron chi connectivity index (χ0n) is 13.4. The maximum absolute atomic E-state index is 13.7. The van der Waals surface area contributed by atoms with Crippen molar-refractivity contribution in [3.63, 3.8) is 0 Å². The van der Waals surface area contributed by atoms with Crippen molar-refractivity contribution < 1.29 is 9.18 Å². The molecular formula is C17H19FN4O. The van der Waals surface area contributed by atoms with Crippen LogP contribution in [-0.2, 0) is 4.79 Å². The first-order chi connectivity index (χ1) is 11.0. The summed E-state index contributed by atoms with van der Waals surface area (Å²) in [7, 11) is 1.59. The fourth-order valence-electron chi connectivity index (χ4n) is 2.23. The molecule has 1 aromatic rings. The number of carbonyl (C=O) groups excluding carboxylic acids is 1. The summed E-state index contributed by atoms with van der Waals surface area (Å²) >= 11 is 0. The summed E-state index contributed by atoms with van der Waals surface area (Å²) in [5, 5.41) is 5.63. The summed E-state index contributed by atoms with van der Waals surface area (Å²) in [4.78, 5) is 20.5. The lowest BCUT2D eigenvalue weighted by Crippen LogP contribution is -2.21. The quantitative estimate of drug-likeness (QED) is 0.839. The van der Waals surface area contributed by atoms with Gasteiger partial charge in [0.25, 0.3) is 5.91 Å². The molecule has 0 fully saturated rings. The van der Waals surface area contributed by atoms with E-state index in [1.54, 1.807) is 13.1 Å². The molecule has 0 aliphatic carbocycles. The van der Waals surface area contributed by atoms with Gasteiger partial charge in [-0.05, 0) is 29.7 Å². The molecule has 23 heavy (non-hydrogen) atoms. The van der Waals surface area contributed by atoms with E-state index in [0.29, 0.717) is 28.4 Å². The number of benzene rings is 1. The number of hydrogen-bond donors (Lipinski definition) is 2. The number of amidine groups is 1. The number of rotatable bonds is 4. The Morgan fingerprint density at radius 1 is 1.48 bits per heavy atom. The third kappa shape index (κ3) is 3.53. The lowest BCUT2D eigenvalue weighted by molar-refractivity contribution is -0.112. The first-order valence-corrected chi connectivity index (χ1v) is 7.21. The van der Waals surface area contributed by atoms with Gasteiger partial charge >= 0.3 is 0 Å². The molecular weight excluding hydrogens is 295 g/mol. The van der Waals surface area contributed by atoms with Crippen LogP contribution in [0.5, 0.6) is 0 Å². The molecule has 2 N–H and O–H groups in total. The van der Waals surface area contributed by atoms with E-state index in [-0.39, 0.29) is 17.6 Å². The molecule has 0 unspecified atom stereocenters. The van der Waals surface area contributed by atoms with Crippen LogP contribution in [0.25, 0.3) is 0 Å². The predicted octanol–water partition coefficient (Wildman–Crippen LogP) is 2.99. The Morgan fingerprint density at radius 2 is 2.22 bits per heavy atom. The van der Waals surface area contributed by atoms with Gasteiger partial charge in [0.05, 0.1) is 17.6 Å². The molecule has 1 aliphatic heterocycles. The maximum Gasteiger partial charge on any atom is 0.257 e. The number of amides is 1. The summed E-state index contributed by atoms with van der Waals surface area (Å²) in [6.07, 6.45) is 2.90. The molecule has 0 saturated carbocycles. The molecule has 1 aromatic carbocycles. The zero-order valence-corrected chi connectivity index (χ0v) is 13.4. The van der Waals surface area contributed by atoms with Crippen molar-refractivity contribution in [3.8, 4) is 0 Å². The number of aliphatic imine (C=N–C) groups is 2. The molecule has 120 valence electrons. The summed E-state index contributed by atoms with van der Waals surface area (Å²) in [6.45, 7) is 7.46. The highest BCUT2D eigenvalue weighted by molar-refractivity contribution is 6.16. The van der Waals surface area contributed by atoms with Gasteiger partial charge in [0.1, 0.15) is 5.82 Å². The Morgan fingerprint density at radius 3 is 2.83 bits per heavy atom. The van der Waals surface area contributed by atoms with Crippen LogP contribution in [0.2, 0.25) is 0 Å². The lowest BCUT2D eigenvalue weighted by atomic mass is 10.0. The van der Waals surface area contributed by atoms with Crippen LogP contribution < -0.4 is 10.6 Å². The van der Waals surface area contributed by atoms with E-state index >= 15 is 0 Å². The van der Waals surface area contributed by atoms with Crippen LogP contribution in [0.15, 0.2) is 52.1 Å². The second-order valence-corrected chi connectivity index (χ2v) is 5.29. The monoisotopic (exact) mass is 314 g/mol. The Kier molecular flexibility index (Phi) is 5.05. The van der Waals surface area contributed by atoms with Crippen LogP contribution in [0.4, 0.5) is 10.1 Å². The van der Waals surface area contributed by atoms with E-state index in [0.717, 1.165) is 0 Å². The Hall–Kier alpha value is -2.76. The zero-order chi connectivity index (χ0) is 17.0. The number of hydrogen-bond acceptors (Lipinski definition) is 3. The van der Waals surface area contributed by atoms with Crippen molar-refractivity contribution in [2.24, 2.45) is 9.98 Å². The van der Waals surface area contributed by atoms with E-state index in [9.17, 15) is 9.18 Å². The number of carbonyl (C=O) groups is 1. The summed E-state index contributed by atoms with van der Waals surface area (Å²) in [5.41, 5.74) is 1.88. The van der Waals surface area contributed by atoms with Crippen LogP contribution in [-0.4, -0.2) is 25.1 Å². The molecule has 6 heteroatoms. The number of halogens is 1. The Bertz CT molecular complexity index is 732. The molecule has 1 amide bonds. The molecule has 1 heterocycles. The Balaban J connectivity index is 2.30. The van der Waals surface area contributed by atoms with Crippen molar-refractivity contribution in [3.05, 3.63) is 53.5 Å². The third-order valence-electron chi connectivity index (χ3n) is 3.43. The first-order valence-electron chi connectivity index (χ1n) is 7.21. The molecule has 0 radical (unpaired) electrons. The van der Waals surface area contributed by atoms with E-state index in [2.05, 4.69) is 27.2 Å². The topological polar surface area (TPSA) is 65.8 Å². The summed E-state index contributed by atoms with van der Waals surface area (Å²) in [6, 6.07) is 4.51. The van der Waals surface area contributed by atoms with Crippen molar-refractivity contribution >= 4 is 23.8 Å². The van der Waals surface area contributed by atoms with Gasteiger partial charge in [0, 0.05) is 12.7 Å². The van der Waals surface area contributed by atoms with Gasteiger partial charge in [0.15, 0.2) is 5.84 Å². The highest BCUT2D eigenvalue weighted by Crippen LogP contribution is 2.23. The highest BCUT2D eigenvalue weighted by Gasteiger charge is 2.19. The van der Waals surface area contributed by atoms with Crippen molar-refractivity contribution in [2.75, 3.05) is 12.4 Å². The minimum atomic E-state index is -0.365. The fraction of sp³-hybridized carbons (Fsp3) is 0.235. The van der Waals surface area contributed by atoms with Crippen molar-refractivity contribution in [1.29, 1.82) is 0 Å². The highest BCUT2D eigenvalue weighted by atomic mass is 19.1. The average Bonchev–Trinajstić information content (AvgIpc) is 2.98.